The first-order valence-electron chi connectivity index (χ1n) is 6.33. The van der Waals surface area contributed by atoms with Crippen LogP contribution in [-0.4, -0.2) is 17.9 Å². The van der Waals surface area contributed by atoms with E-state index in [0.29, 0.717) is 17.1 Å². The summed E-state index contributed by atoms with van der Waals surface area (Å²) in [5.74, 6) is -0.129. The van der Waals surface area contributed by atoms with E-state index in [1.807, 2.05) is 6.20 Å². The quantitative estimate of drug-likeness (QED) is 0.890. The Kier molecular flexibility index (Phi) is 4.98. The number of anilines is 1. The van der Waals surface area contributed by atoms with Gasteiger partial charge >= 0.3 is 0 Å². The lowest BCUT2D eigenvalue weighted by Crippen LogP contribution is -2.17. The zero-order chi connectivity index (χ0) is 14.5. The van der Waals surface area contributed by atoms with Gasteiger partial charge in [-0.1, -0.05) is 18.5 Å². The summed E-state index contributed by atoms with van der Waals surface area (Å²) in [7, 11) is 1.60. The number of hydrogen-bond donors (Lipinski definition) is 2. The van der Waals surface area contributed by atoms with Crippen LogP contribution < -0.4 is 10.6 Å². The number of nitrogens with zero attached hydrogens (tertiary/aromatic N) is 1. The van der Waals surface area contributed by atoms with Crippen molar-refractivity contribution in [3.63, 3.8) is 0 Å². The Bertz CT molecular complexity index is 612. The van der Waals surface area contributed by atoms with Gasteiger partial charge in [0.05, 0.1) is 22.3 Å². The Morgan fingerprint density at radius 1 is 1.45 bits per heavy atom. The molecule has 1 aromatic carbocycles. The molecule has 0 saturated heterocycles. The van der Waals surface area contributed by atoms with Crippen molar-refractivity contribution in [2.45, 2.75) is 19.9 Å². The van der Waals surface area contributed by atoms with Crippen LogP contribution in [0.5, 0.6) is 0 Å². The van der Waals surface area contributed by atoms with Crippen molar-refractivity contribution >= 4 is 34.5 Å². The van der Waals surface area contributed by atoms with Gasteiger partial charge in [-0.05, 0) is 24.6 Å². The highest BCUT2D eigenvalue weighted by Gasteiger charge is 2.08. The second-order valence-corrected chi connectivity index (χ2v) is 5.81. The molecular weight excluding hydrogens is 294 g/mol. The van der Waals surface area contributed by atoms with Crippen molar-refractivity contribution < 1.29 is 4.79 Å². The van der Waals surface area contributed by atoms with Gasteiger partial charge < -0.3 is 10.6 Å². The van der Waals surface area contributed by atoms with E-state index in [2.05, 4.69) is 22.5 Å². The molecule has 0 saturated carbocycles. The number of thiazole rings is 1. The number of amides is 1. The van der Waals surface area contributed by atoms with Gasteiger partial charge in [-0.2, -0.15) is 0 Å². The summed E-state index contributed by atoms with van der Waals surface area (Å²) in [5.41, 5.74) is 1.33. The van der Waals surface area contributed by atoms with E-state index < -0.39 is 0 Å². The fourth-order valence-electron chi connectivity index (χ4n) is 1.72. The minimum absolute atomic E-state index is 0.129. The third-order valence-corrected chi connectivity index (χ3v) is 4.28. The molecule has 2 rings (SSSR count). The first-order valence-corrected chi connectivity index (χ1v) is 7.52. The van der Waals surface area contributed by atoms with E-state index in [1.54, 1.807) is 36.6 Å². The average molecular weight is 310 g/mol. The molecule has 0 bridgehead atoms. The molecule has 0 atom stereocenters. The van der Waals surface area contributed by atoms with Crippen LogP contribution in [0.2, 0.25) is 5.02 Å². The molecular formula is C14H16ClN3OS. The molecule has 0 unspecified atom stereocenters. The van der Waals surface area contributed by atoms with Crippen LogP contribution in [0.15, 0.2) is 24.4 Å². The SMILES string of the molecule is CCc1ncc(CNc2cc(C(=O)NC)ccc2Cl)s1. The van der Waals surface area contributed by atoms with Crippen molar-refractivity contribution in [1.82, 2.24) is 10.3 Å². The van der Waals surface area contributed by atoms with E-state index in [1.165, 1.54) is 0 Å². The van der Waals surface area contributed by atoms with Gasteiger partial charge in [-0.25, -0.2) is 4.98 Å². The van der Waals surface area contributed by atoms with Gasteiger partial charge in [0.1, 0.15) is 0 Å². The van der Waals surface area contributed by atoms with E-state index in [9.17, 15) is 4.79 Å². The fraction of sp³-hybridized carbons (Fsp3) is 0.286. The molecule has 0 aliphatic heterocycles. The lowest BCUT2D eigenvalue weighted by Gasteiger charge is -2.09. The molecule has 20 heavy (non-hydrogen) atoms. The number of nitrogens with one attached hydrogen (secondary N) is 2. The highest BCUT2D eigenvalue weighted by Crippen LogP contribution is 2.24. The van der Waals surface area contributed by atoms with Gasteiger partial charge in [0.25, 0.3) is 5.91 Å². The van der Waals surface area contributed by atoms with Crippen LogP contribution >= 0.6 is 22.9 Å². The summed E-state index contributed by atoms with van der Waals surface area (Å²) in [5, 5.41) is 7.55. The summed E-state index contributed by atoms with van der Waals surface area (Å²) in [4.78, 5) is 17.1. The fourth-order valence-corrected chi connectivity index (χ4v) is 2.71. The predicted molar refractivity (Wildman–Crippen MR) is 83.7 cm³/mol. The first kappa shape index (κ1) is 14.8. The Morgan fingerprint density at radius 3 is 2.90 bits per heavy atom. The third-order valence-electron chi connectivity index (χ3n) is 2.81. The van der Waals surface area contributed by atoms with Gasteiger partial charge in [0, 0.05) is 23.7 Å². The Hall–Kier alpha value is -1.59. The number of halogens is 1. The van der Waals surface area contributed by atoms with Crippen LogP contribution in [-0.2, 0) is 13.0 Å². The molecule has 6 heteroatoms. The lowest BCUT2D eigenvalue weighted by atomic mass is 10.2. The van der Waals surface area contributed by atoms with Crippen molar-refractivity contribution in [1.29, 1.82) is 0 Å². The maximum atomic E-state index is 11.6. The highest BCUT2D eigenvalue weighted by molar-refractivity contribution is 7.11. The zero-order valence-corrected chi connectivity index (χ0v) is 12.9. The molecule has 4 nitrogen and oxygen atoms in total. The molecule has 0 spiro atoms. The molecule has 2 N–H and O–H groups in total. The van der Waals surface area contributed by atoms with Crippen LogP contribution in [0, 0.1) is 0 Å². The number of carbonyl (C=O) groups excluding carboxylic acids is 1. The molecule has 1 aromatic heterocycles. The second-order valence-electron chi connectivity index (χ2n) is 4.20. The van der Waals surface area contributed by atoms with E-state index in [-0.39, 0.29) is 5.91 Å². The molecule has 0 aliphatic rings. The summed E-state index contributed by atoms with van der Waals surface area (Å²) in [6.07, 6.45) is 2.81. The average Bonchev–Trinajstić information content (AvgIpc) is 2.93. The molecule has 0 radical (unpaired) electrons. The standard InChI is InChI=1S/C14H16ClN3OS/c1-3-13-18-8-10(20-13)7-17-12-6-9(14(19)16-2)4-5-11(12)15/h4-6,8,17H,3,7H2,1-2H3,(H,16,19). The Morgan fingerprint density at radius 2 is 2.25 bits per heavy atom. The number of rotatable bonds is 5. The normalized spacial score (nSPS) is 10.3. The van der Waals surface area contributed by atoms with Crippen molar-refractivity contribution in [3.8, 4) is 0 Å². The van der Waals surface area contributed by atoms with Gasteiger partial charge in [0.2, 0.25) is 0 Å². The molecule has 2 aromatic rings. The van der Waals surface area contributed by atoms with Crippen LogP contribution in [0.1, 0.15) is 27.2 Å². The molecule has 106 valence electrons. The van der Waals surface area contributed by atoms with Gasteiger partial charge in [-0.3, -0.25) is 4.79 Å². The van der Waals surface area contributed by atoms with Crippen molar-refractivity contribution in [2.75, 3.05) is 12.4 Å². The van der Waals surface area contributed by atoms with Crippen molar-refractivity contribution in [3.05, 3.63) is 44.9 Å². The summed E-state index contributed by atoms with van der Waals surface area (Å²) < 4.78 is 0. The predicted octanol–water partition coefficient (Wildman–Crippen LogP) is 3.33. The summed E-state index contributed by atoms with van der Waals surface area (Å²) in [6, 6.07) is 5.18. The van der Waals surface area contributed by atoms with E-state index >= 15 is 0 Å². The lowest BCUT2D eigenvalue weighted by molar-refractivity contribution is 0.0963. The Labute approximate surface area is 127 Å². The number of aryl methyl sites for hydroxylation is 1. The Balaban J connectivity index is 2.10. The van der Waals surface area contributed by atoms with Crippen LogP contribution in [0.3, 0.4) is 0 Å². The minimum Gasteiger partial charge on any atom is -0.379 e. The zero-order valence-electron chi connectivity index (χ0n) is 11.4. The molecule has 1 heterocycles. The van der Waals surface area contributed by atoms with Crippen molar-refractivity contribution in [2.24, 2.45) is 0 Å². The first-order chi connectivity index (χ1) is 9.63. The highest BCUT2D eigenvalue weighted by atomic mass is 35.5. The smallest absolute Gasteiger partial charge is 0.251 e. The largest absolute Gasteiger partial charge is 0.379 e. The van der Waals surface area contributed by atoms with Crippen LogP contribution in [0.25, 0.3) is 0 Å². The number of carbonyl (C=O) groups is 1. The second kappa shape index (κ2) is 6.72. The number of hydrogen-bond acceptors (Lipinski definition) is 4. The van der Waals surface area contributed by atoms with E-state index in [4.69, 9.17) is 11.6 Å². The molecule has 0 aliphatic carbocycles. The maximum Gasteiger partial charge on any atom is 0.251 e. The summed E-state index contributed by atoms with van der Waals surface area (Å²) in [6.45, 7) is 2.73. The number of benzene rings is 1. The minimum atomic E-state index is -0.129. The van der Waals surface area contributed by atoms with Crippen LogP contribution in [0.4, 0.5) is 5.69 Å². The van der Waals surface area contributed by atoms with E-state index in [0.717, 1.165) is 22.0 Å². The molecule has 1 amide bonds. The monoisotopic (exact) mass is 309 g/mol. The molecule has 0 fully saturated rings. The summed E-state index contributed by atoms with van der Waals surface area (Å²) >= 11 is 7.81. The maximum absolute atomic E-state index is 11.6. The third kappa shape index (κ3) is 3.49. The topological polar surface area (TPSA) is 54.0 Å². The van der Waals surface area contributed by atoms with Gasteiger partial charge in [-0.15, -0.1) is 11.3 Å². The van der Waals surface area contributed by atoms with Gasteiger partial charge in [0.15, 0.2) is 0 Å². The number of aromatic nitrogens is 1.